The Morgan fingerprint density at radius 1 is 1.62 bits per heavy atom. The van der Waals surface area contributed by atoms with Crippen molar-refractivity contribution in [2.75, 3.05) is 6.61 Å². The molecule has 0 radical (unpaired) electrons. The van der Waals surface area contributed by atoms with Crippen LogP contribution in [0.1, 0.15) is 45.4 Å². The van der Waals surface area contributed by atoms with Crippen LogP contribution in [0.2, 0.25) is 0 Å². The van der Waals surface area contributed by atoms with E-state index in [1.165, 1.54) is 31.3 Å². The van der Waals surface area contributed by atoms with E-state index in [0.717, 1.165) is 18.8 Å². The predicted octanol–water partition coefficient (Wildman–Crippen LogP) is 3.08. The van der Waals surface area contributed by atoms with Crippen molar-refractivity contribution in [2.45, 2.75) is 45.4 Å². The van der Waals surface area contributed by atoms with Gasteiger partial charge in [0.2, 0.25) is 0 Å². The highest BCUT2D eigenvalue weighted by atomic mass is 16.5. The fourth-order valence-corrected chi connectivity index (χ4v) is 4.19. The molecule has 0 spiro atoms. The molecule has 2 heteroatoms. The number of allylic oxidation sites excluding steroid dienone is 1. The van der Waals surface area contributed by atoms with Gasteiger partial charge in [-0.05, 0) is 43.9 Å². The smallest absolute Gasteiger partial charge is 0.316 e. The van der Waals surface area contributed by atoms with E-state index in [9.17, 15) is 4.79 Å². The molecule has 0 aromatic rings. The van der Waals surface area contributed by atoms with Gasteiger partial charge in [-0.15, -0.1) is 0 Å². The van der Waals surface area contributed by atoms with Crippen molar-refractivity contribution in [3.05, 3.63) is 11.6 Å². The molecule has 16 heavy (non-hydrogen) atoms. The Labute approximate surface area is 97.1 Å². The Balaban J connectivity index is 1.87. The van der Waals surface area contributed by atoms with Crippen molar-refractivity contribution < 1.29 is 9.53 Å². The average Bonchev–Trinajstić information content (AvgIpc) is 2.95. The molecule has 3 atom stereocenters. The molecule has 0 aromatic carbocycles. The van der Waals surface area contributed by atoms with Gasteiger partial charge in [-0.1, -0.05) is 25.0 Å². The molecule has 0 heterocycles. The fourth-order valence-electron chi connectivity index (χ4n) is 4.19. The third-order valence-electron chi connectivity index (χ3n) is 4.81. The third kappa shape index (κ3) is 1.16. The molecule has 0 N–H and O–H groups in total. The molecule has 2 fully saturated rings. The number of carbonyl (C=O) groups is 1. The zero-order valence-electron chi connectivity index (χ0n) is 10.00. The molecule has 3 aliphatic rings. The number of hydrogen-bond donors (Lipinski definition) is 0. The standard InChI is InChI=1S/C14H20O2/c1-2-8-16-13(15)14-7-3-4-12(14)10-5-6-11(14)9-10/h6,10,12H,2-5,7-9H2,1H3. The second-order valence-corrected chi connectivity index (χ2v) is 5.54. The zero-order chi connectivity index (χ0) is 11.2. The van der Waals surface area contributed by atoms with E-state index < -0.39 is 0 Å². The summed E-state index contributed by atoms with van der Waals surface area (Å²) < 4.78 is 5.45. The first-order valence-corrected chi connectivity index (χ1v) is 6.65. The summed E-state index contributed by atoms with van der Waals surface area (Å²) in [4.78, 5) is 12.3. The number of rotatable bonds is 3. The van der Waals surface area contributed by atoms with Crippen LogP contribution in [0, 0.1) is 17.3 Å². The molecular formula is C14H20O2. The lowest BCUT2D eigenvalue weighted by Gasteiger charge is -2.32. The van der Waals surface area contributed by atoms with Crippen LogP contribution in [-0.4, -0.2) is 12.6 Å². The molecule has 0 saturated heterocycles. The van der Waals surface area contributed by atoms with Crippen LogP contribution in [0.25, 0.3) is 0 Å². The van der Waals surface area contributed by atoms with Crippen molar-refractivity contribution in [1.29, 1.82) is 0 Å². The molecule has 2 nitrogen and oxygen atoms in total. The first kappa shape index (κ1) is 10.4. The molecular weight excluding hydrogens is 200 g/mol. The number of esters is 1. The summed E-state index contributed by atoms with van der Waals surface area (Å²) in [6, 6.07) is 0. The van der Waals surface area contributed by atoms with Gasteiger partial charge in [0.1, 0.15) is 0 Å². The normalized spacial score (nSPS) is 39.7. The van der Waals surface area contributed by atoms with Gasteiger partial charge in [-0.2, -0.15) is 0 Å². The lowest BCUT2D eigenvalue weighted by atomic mass is 9.72. The van der Waals surface area contributed by atoms with E-state index in [4.69, 9.17) is 4.74 Å². The van der Waals surface area contributed by atoms with Crippen LogP contribution in [-0.2, 0) is 9.53 Å². The quantitative estimate of drug-likeness (QED) is 0.539. The Bertz CT molecular complexity index is 345. The lowest BCUT2D eigenvalue weighted by molar-refractivity contribution is -0.155. The molecule has 3 unspecified atom stereocenters. The minimum Gasteiger partial charge on any atom is -0.465 e. The minimum atomic E-state index is -0.169. The molecule has 0 amide bonds. The third-order valence-corrected chi connectivity index (χ3v) is 4.81. The van der Waals surface area contributed by atoms with Crippen LogP contribution < -0.4 is 0 Å². The highest BCUT2D eigenvalue weighted by Crippen LogP contribution is 2.64. The van der Waals surface area contributed by atoms with Gasteiger partial charge in [0, 0.05) is 0 Å². The summed E-state index contributed by atoms with van der Waals surface area (Å²) in [5.41, 5.74) is 1.25. The van der Waals surface area contributed by atoms with Crippen LogP contribution in [0.3, 0.4) is 0 Å². The van der Waals surface area contributed by atoms with Gasteiger partial charge < -0.3 is 4.74 Å². The van der Waals surface area contributed by atoms with Crippen molar-refractivity contribution in [3.8, 4) is 0 Å². The van der Waals surface area contributed by atoms with Gasteiger partial charge in [-0.25, -0.2) is 0 Å². The van der Waals surface area contributed by atoms with Gasteiger partial charge in [0.05, 0.1) is 12.0 Å². The van der Waals surface area contributed by atoms with Crippen LogP contribution in [0.15, 0.2) is 11.6 Å². The molecule has 0 aliphatic heterocycles. The summed E-state index contributed by atoms with van der Waals surface area (Å²) in [5.74, 6) is 1.45. The number of ether oxygens (including phenoxy) is 1. The summed E-state index contributed by atoms with van der Waals surface area (Å²) in [5, 5.41) is 0. The van der Waals surface area contributed by atoms with E-state index in [-0.39, 0.29) is 11.4 Å². The molecule has 0 aromatic heterocycles. The number of hydrogen-bond acceptors (Lipinski definition) is 2. The van der Waals surface area contributed by atoms with E-state index in [1.807, 2.05) is 0 Å². The highest BCUT2D eigenvalue weighted by Gasteiger charge is 2.61. The largest absolute Gasteiger partial charge is 0.465 e. The predicted molar refractivity (Wildman–Crippen MR) is 61.8 cm³/mol. The van der Waals surface area contributed by atoms with Crippen LogP contribution >= 0.6 is 0 Å². The second kappa shape index (κ2) is 3.61. The second-order valence-electron chi connectivity index (χ2n) is 5.54. The molecule has 3 aliphatic carbocycles. The van der Waals surface area contributed by atoms with Gasteiger partial charge in [-0.3, -0.25) is 4.79 Å². The molecule has 2 saturated carbocycles. The average molecular weight is 220 g/mol. The van der Waals surface area contributed by atoms with Crippen molar-refractivity contribution >= 4 is 5.97 Å². The maximum atomic E-state index is 12.3. The van der Waals surface area contributed by atoms with E-state index in [1.54, 1.807) is 0 Å². The Hall–Kier alpha value is -0.790. The molecule has 3 rings (SSSR count). The Kier molecular flexibility index (Phi) is 2.34. The summed E-state index contributed by atoms with van der Waals surface area (Å²) in [6.07, 6.45) is 9.12. The van der Waals surface area contributed by atoms with E-state index in [0.29, 0.717) is 12.5 Å². The topological polar surface area (TPSA) is 26.3 Å². The minimum absolute atomic E-state index is 0.0882. The SMILES string of the molecule is CCCOC(=O)C12CCCC1C1CC=C2C1. The first-order chi connectivity index (χ1) is 7.79. The van der Waals surface area contributed by atoms with Crippen LogP contribution in [0.5, 0.6) is 0 Å². The Morgan fingerprint density at radius 2 is 2.50 bits per heavy atom. The van der Waals surface area contributed by atoms with E-state index >= 15 is 0 Å². The maximum Gasteiger partial charge on any atom is 0.316 e. The number of carbonyl (C=O) groups excluding carboxylic acids is 1. The van der Waals surface area contributed by atoms with E-state index in [2.05, 4.69) is 13.0 Å². The Morgan fingerprint density at radius 3 is 3.31 bits per heavy atom. The highest BCUT2D eigenvalue weighted by molar-refractivity contribution is 5.83. The molecule has 88 valence electrons. The fraction of sp³-hybridized carbons (Fsp3) is 0.786. The van der Waals surface area contributed by atoms with Crippen molar-refractivity contribution in [3.63, 3.8) is 0 Å². The summed E-state index contributed by atoms with van der Waals surface area (Å²) in [7, 11) is 0. The summed E-state index contributed by atoms with van der Waals surface area (Å²) >= 11 is 0. The maximum absolute atomic E-state index is 12.3. The molecule has 2 bridgehead atoms. The zero-order valence-corrected chi connectivity index (χ0v) is 10.00. The monoisotopic (exact) mass is 220 g/mol. The van der Waals surface area contributed by atoms with Gasteiger partial charge >= 0.3 is 5.97 Å². The first-order valence-electron chi connectivity index (χ1n) is 6.65. The van der Waals surface area contributed by atoms with Crippen LogP contribution in [0.4, 0.5) is 0 Å². The summed E-state index contributed by atoms with van der Waals surface area (Å²) in [6.45, 7) is 2.64. The van der Waals surface area contributed by atoms with Crippen molar-refractivity contribution in [1.82, 2.24) is 0 Å². The van der Waals surface area contributed by atoms with Gasteiger partial charge in [0.25, 0.3) is 0 Å². The number of fused-ring (bicyclic) bond motifs is 5. The lowest BCUT2D eigenvalue weighted by Crippen LogP contribution is -2.37. The van der Waals surface area contributed by atoms with Crippen molar-refractivity contribution in [2.24, 2.45) is 17.3 Å². The van der Waals surface area contributed by atoms with Gasteiger partial charge in [0.15, 0.2) is 0 Å².